The van der Waals surface area contributed by atoms with Crippen molar-refractivity contribution in [3.05, 3.63) is 115 Å². The standard InChI is InChI=1S/C33H30BrClFN3O2/c1-18-11-20(17-41-29-8-6-5-7-24(29)34)19(2)22(12-18)30-23(16-37)32(38)39(21-9-10-26(36)25(35)13-21)27-14-33(3,4)15-28(40)31(27)30/h5-13,30H,14-15,17,38H2,1-4H3. The normalized spacial score (nSPS) is 18.3. The predicted octanol–water partition coefficient (Wildman–Crippen LogP) is 8.38. The van der Waals surface area contributed by atoms with Crippen molar-refractivity contribution in [3.8, 4) is 11.8 Å². The molecule has 1 aliphatic heterocycles. The number of rotatable bonds is 5. The van der Waals surface area contributed by atoms with Gasteiger partial charge in [-0.05, 0) is 88.6 Å². The van der Waals surface area contributed by atoms with Crippen LogP contribution in [0.2, 0.25) is 5.02 Å². The maximum absolute atomic E-state index is 14.1. The zero-order valence-electron chi connectivity index (χ0n) is 23.3. The van der Waals surface area contributed by atoms with E-state index < -0.39 is 11.7 Å². The van der Waals surface area contributed by atoms with E-state index in [0.29, 0.717) is 36.4 Å². The minimum absolute atomic E-state index is 0.0355. The van der Waals surface area contributed by atoms with Gasteiger partial charge in [-0.25, -0.2) is 4.39 Å². The number of ether oxygens (including phenoxy) is 1. The van der Waals surface area contributed by atoms with Crippen LogP contribution < -0.4 is 15.4 Å². The summed E-state index contributed by atoms with van der Waals surface area (Å²) in [6.07, 6.45) is 0.879. The molecule has 0 saturated heterocycles. The molecule has 0 amide bonds. The molecule has 8 heteroatoms. The number of anilines is 1. The second-order valence-corrected chi connectivity index (χ2v) is 12.7. The molecule has 5 rings (SSSR count). The lowest BCUT2D eigenvalue weighted by Gasteiger charge is -2.44. The number of nitrogens with zero attached hydrogens (tertiary/aromatic N) is 2. The van der Waals surface area contributed by atoms with E-state index in [1.807, 2.05) is 58.0 Å². The number of Topliss-reactive ketones (excluding diaryl/α,β-unsaturated/α-hetero) is 1. The van der Waals surface area contributed by atoms with Gasteiger partial charge in [0.25, 0.3) is 0 Å². The van der Waals surface area contributed by atoms with E-state index in [1.54, 1.807) is 11.0 Å². The van der Waals surface area contributed by atoms with Gasteiger partial charge in [0.1, 0.15) is 24.0 Å². The van der Waals surface area contributed by atoms with Crippen LogP contribution in [0.3, 0.4) is 0 Å². The molecule has 5 nitrogen and oxygen atoms in total. The van der Waals surface area contributed by atoms with Gasteiger partial charge >= 0.3 is 0 Å². The number of benzene rings is 3. The van der Waals surface area contributed by atoms with E-state index in [2.05, 4.69) is 28.1 Å². The molecule has 41 heavy (non-hydrogen) atoms. The third kappa shape index (κ3) is 5.39. The summed E-state index contributed by atoms with van der Waals surface area (Å²) in [4.78, 5) is 15.7. The molecule has 0 saturated carbocycles. The topological polar surface area (TPSA) is 79.3 Å². The van der Waals surface area contributed by atoms with E-state index in [4.69, 9.17) is 22.1 Å². The van der Waals surface area contributed by atoms with Crippen molar-refractivity contribution < 1.29 is 13.9 Å². The molecule has 1 unspecified atom stereocenters. The maximum atomic E-state index is 14.1. The van der Waals surface area contributed by atoms with Gasteiger partial charge in [-0.3, -0.25) is 9.69 Å². The second-order valence-electron chi connectivity index (χ2n) is 11.4. The highest BCUT2D eigenvalue weighted by molar-refractivity contribution is 9.10. The van der Waals surface area contributed by atoms with Crippen molar-refractivity contribution in [3.63, 3.8) is 0 Å². The fourth-order valence-corrected chi connectivity index (χ4v) is 6.44. The molecule has 2 aliphatic rings. The molecule has 2 N–H and O–H groups in total. The summed E-state index contributed by atoms with van der Waals surface area (Å²) >= 11 is 9.69. The number of hydrogen-bond acceptors (Lipinski definition) is 5. The van der Waals surface area contributed by atoms with E-state index >= 15 is 0 Å². The summed E-state index contributed by atoms with van der Waals surface area (Å²) in [5.41, 5.74) is 12.2. The lowest BCUT2D eigenvalue weighted by molar-refractivity contribution is -0.118. The minimum Gasteiger partial charge on any atom is -0.488 e. The summed E-state index contributed by atoms with van der Waals surface area (Å²) in [6.45, 7) is 8.36. The third-order valence-corrected chi connectivity index (χ3v) is 8.72. The SMILES string of the molecule is Cc1cc(COc2ccccc2Br)c(C)c(C2C(C#N)=C(N)N(c3ccc(F)c(Cl)c3)C3=C2C(=O)CC(C)(C)C3)c1. The molecule has 0 fully saturated rings. The van der Waals surface area contributed by atoms with E-state index in [0.717, 1.165) is 32.5 Å². The molecule has 0 bridgehead atoms. The Morgan fingerprint density at radius 3 is 2.59 bits per heavy atom. The highest BCUT2D eigenvalue weighted by Crippen LogP contribution is 2.51. The largest absolute Gasteiger partial charge is 0.488 e. The first-order valence-electron chi connectivity index (χ1n) is 13.3. The lowest BCUT2D eigenvalue weighted by Crippen LogP contribution is -2.42. The Hall–Kier alpha value is -3.60. The van der Waals surface area contributed by atoms with E-state index in [1.165, 1.54) is 12.1 Å². The van der Waals surface area contributed by atoms with Crippen LogP contribution in [0.25, 0.3) is 0 Å². The quantitative estimate of drug-likeness (QED) is 0.305. The summed E-state index contributed by atoms with van der Waals surface area (Å²) in [6, 6.07) is 18.4. The molecular weight excluding hydrogens is 605 g/mol. The monoisotopic (exact) mass is 633 g/mol. The van der Waals surface area contributed by atoms with Crippen LogP contribution in [0.15, 0.2) is 81.7 Å². The highest BCUT2D eigenvalue weighted by atomic mass is 79.9. The zero-order valence-corrected chi connectivity index (χ0v) is 25.7. The molecule has 210 valence electrons. The Bertz CT molecular complexity index is 1690. The average molecular weight is 635 g/mol. The number of allylic oxidation sites excluding steroid dienone is 3. The first-order valence-corrected chi connectivity index (χ1v) is 14.5. The second kappa shape index (κ2) is 11.0. The van der Waals surface area contributed by atoms with Gasteiger partial charge in [-0.2, -0.15) is 5.26 Å². The van der Waals surface area contributed by atoms with Crippen LogP contribution in [0.5, 0.6) is 5.75 Å². The molecule has 0 radical (unpaired) electrons. The number of aryl methyl sites for hydroxylation is 1. The molecular formula is C33H30BrClFN3O2. The Morgan fingerprint density at radius 1 is 1.17 bits per heavy atom. The van der Waals surface area contributed by atoms with Crippen molar-refractivity contribution in [1.29, 1.82) is 5.26 Å². The summed E-state index contributed by atoms with van der Waals surface area (Å²) in [5.74, 6) is -0.316. The first kappa shape index (κ1) is 28.9. The molecule has 1 aliphatic carbocycles. The summed E-state index contributed by atoms with van der Waals surface area (Å²) in [7, 11) is 0. The predicted molar refractivity (Wildman–Crippen MR) is 163 cm³/mol. The van der Waals surface area contributed by atoms with Crippen molar-refractivity contribution >= 4 is 39.0 Å². The van der Waals surface area contributed by atoms with Crippen molar-refractivity contribution in [2.24, 2.45) is 11.1 Å². The molecule has 3 aromatic carbocycles. The number of hydrogen-bond donors (Lipinski definition) is 1. The fourth-order valence-electron chi connectivity index (χ4n) is 5.87. The van der Waals surface area contributed by atoms with Crippen LogP contribution in [0, 0.1) is 36.4 Å². The van der Waals surface area contributed by atoms with Gasteiger partial charge in [0.2, 0.25) is 0 Å². The fraction of sp³-hybridized carbons (Fsp3) is 0.273. The number of para-hydroxylation sites is 1. The zero-order chi connectivity index (χ0) is 29.6. The Balaban J connectivity index is 1.69. The van der Waals surface area contributed by atoms with Gasteiger partial charge < -0.3 is 10.5 Å². The molecule has 3 aromatic rings. The number of carbonyl (C=O) groups excluding carboxylic acids is 1. The van der Waals surface area contributed by atoms with Gasteiger partial charge in [-0.1, -0.05) is 55.3 Å². The highest BCUT2D eigenvalue weighted by Gasteiger charge is 2.45. The van der Waals surface area contributed by atoms with Crippen LogP contribution in [-0.4, -0.2) is 5.78 Å². The maximum Gasteiger partial charge on any atom is 0.162 e. The van der Waals surface area contributed by atoms with Gasteiger partial charge in [-0.15, -0.1) is 0 Å². The number of halogens is 3. The van der Waals surface area contributed by atoms with Gasteiger partial charge in [0.05, 0.1) is 27.1 Å². The van der Waals surface area contributed by atoms with Crippen LogP contribution >= 0.6 is 27.5 Å². The number of ketones is 1. The molecule has 1 heterocycles. The average Bonchev–Trinajstić information content (AvgIpc) is 2.90. The smallest absolute Gasteiger partial charge is 0.162 e. The Labute approximate surface area is 253 Å². The lowest BCUT2D eigenvalue weighted by atomic mass is 9.68. The number of carbonyl (C=O) groups is 1. The summed E-state index contributed by atoms with van der Waals surface area (Å²) in [5, 5.41) is 10.4. The molecule has 0 aromatic heterocycles. The van der Waals surface area contributed by atoms with E-state index in [-0.39, 0.29) is 27.6 Å². The van der Waals surface area contributed by atoms with Crippen LogP contribution in [0.4, 0.5) is 10.1 Å². The Morgan fingerprint density at radius 2 is 1.90 bits per heavy atom. The van der Waals surface area contributed by atoms with Gasteiger partial charge in [0.15, 0.2) is 5.78 Å². The van der Waals surface area contributed by atoms with Crippen LogP contribution in [-0.2, 0) is 11.4 Å². The van der Waals surface area contributed by atoms with Crippen molar-refractivity contribution in [1.82, 2.24) is 0 Å². The number of nitrogens with two attached hydrogens (primary N) is 1. The van der Waals surface area contributed by atoms with E-state index in [9.17, 15) is 14.4 Å². The molecule has 1 atom stereocenters. The van der Waals surface area contributed by atoms with Crippen LogP contribution in [0.1, 0.15) is 54.9 Å². The summed E-state index contributed by atoms with van der Waals surface area (Å²) < 4.78 is 21.1. The van der Waals surface area contributed by atoms with Crippen molar-refractivity contribution in [2.75, 3.05) is 4.90 Å². The minimum atomic E-state index is -0.645. The third-order valence-electron chi connectivity index (χ3n) is 7.77. The Kier molecular flexibility index (Phi) is 7.76. The first-order chi connectivity index (χ1) is 19.4. The number of nitriles is 1. The molecule has 0 spiro atoms. The van der Waals surface area contributed by atoms with Crippen molar-refractivity contribution in [2.45, 2.75) is 53.1 Å². The van der Waals surface area contributed by atoms with Gasteiger partial charge in [0, 0.05) is 23.4 Å².